The Morgan fingerprint density at radius 2 is 2.29 bits per heavy atom. The molecular weight excluding hydrogens is 204 g/mol. The van der Waals surface area contributed by atoms with E-state index in [2.05, 4.69) is 5.32 Å². The summed E-state index contributed by atoms with van der Waals surface area (Å²) >= 11 is 5.53. The fourth-order valence-electron chi connectivity index (χ4n) is 0.995. The number of halogens is 1. The molecule has 1 aromatic heterocycles. The predicted molar refractivity (Wildman–Crippen MR) is 54.3 cm³/mol. The summed E-state index contributed by atoms with van der Waals surface area (Å²) < 4.78 is 4.93. The smallest absolute Gasteiger partial charge is 0.287 e. The fraction of sp³-hybridized carbons (Fsp3) is 0.444. The van der Waals surface area contributed by atoms with Gasteiger partial charge in [0, 0.05) is 6.54 Å². The highest BCUT2D eigenvalue weighted by molar-refractivity contribution is 6.29. The lowest BCUT2D eigenvalue weighted by atomic mass is 10.3. The van der Waals surface area contributed by atoms with E-state index in [-0.39, 0.29) is 16.9 Å². The maximum atomic E-state index is 11.3. The molecule has 0 aliphatic rings. The van der Waals surface area contributed by atoms with Gasteiger partial charge in [-0.05, 0) is 43.1 Å². The quantitative estimate of drug-likeness (QED) is 0.732. The lowest BCUT2D eigenvalue weighted by molar-refractivity contribution is 0.0925. The van der Waals surface area contributed by atoms with Crippen LogP contribution in [0.25, 0.3) is 0 Å². The van der Waals surface area contributed by atoms with E-state index in [1.807, 2.05) is 0 Å². The Bertz CT molecular complexity index is 299. The van der Waals surface area contributed by atoms with Crippen LogP contribution in [0.4, 0.5) is 0 Å². The van der Waals surface area contributed by atoms with Crippen LogP contribution in [0.5, 0.6) is 0 Å². The molecular formula is C9H13ClN2O2. The number of unbranched alkanes of at least 4 members (excludes halogenated alkanes) is 1. The van der Waals surface area contributed by atoms with Crippen molar-refractivity contribution in [3.63, 3.8) is 0 Å². The molecule has 0 saturated heterocycles. The highest BCUT2D eigenvalue weighted by atomic mass is 35.5. The normalized spacial score (nSPS) is 10.1. The highest BCUT2D eigenvalue weighted by Gasteiger charge is 2.08. The second kappa shape index (κ2) is 5.67. The van der Waals surface area contributed by atoms with Crippen molar-refractivity contribution < 1.29 is 9.21 Å². The van der Waals surface area contributed by atoms with Gasteiger partial charge in [0.15, 0.2) is 11.0 Å². The molecule has 0 bridgehead atoms. The molecule has 14 heavy (non-hydrogen) atoms. The summed E-state index contributed by atoms with van der Waals surface area (Å²) in [6.07, 6.45) is 1.77. The molecule has 0 atom stereocenters. The summed E-state index contributed by atoms with van der Waals surface area (Å²) in [7, 11) is 0. The largest absolute Gasteiger partial charge is 0.440 e. The number of carbonyl (C=O) groups excluding carboxylic acids is 1. The first kappa shape index (κ1) is 11.1. The van der Waals surface area contributed by atoms with E-state index < -0.39 is 0 Å². The Morgan fingerprint density at radius 3 is 2.86 bits per heavy atom. The number of rotatable bonds is 5. The second-order valence-electron chi connectivity index (χ2n) is 2.86. The molecule has 4 nitrogen and oxygen atoms in total. The molecule has 3 N–H and O–H groups in total. The number of amides is 1. The van der Waals surface area contributed by atoms with Gasteiger partial charge in [-0.2, -0.15) is 0 Å². The van der Waals surface area contributed by atoms with Crippen molar-refractivity contribution in [1.29, 1.82) is 0 Å². The van der Waals surface area contributed by atoms with Crippen molar-refractivity contribution in [3.05, 3.63) is 23.1 Å². The minimum Gasteiger partial charge on any atom is -0.440 e. The SMILES string of the molecule is NCCCCNC(=O)c1ccc(Cl)o1. The molecule has 0 aliphatic carbocycles. The van der Waals surface area contributed by atoms with Gasteiger partial charge in [-0.3, -0.25) is 4.79 Å². The van der Waals surface area contributed by atoms with Gasteiger partial charge >= 0.3 is 0 Å². The lowest BCUT2D eigenvalue weighted by Gasteiger charge is -2.01. The summed E-state index contributed by atoms with van der Waals surface area (Å²) in [5.74, 6) is -0.00308. The highest BCUT2D eigenvalue weighted by Crippen LogP contribution is 2.12. The van der Waals surface area contributed by atoms with Gasteiger partial charge in [0.1, 0.15) is 0 Å². The van der Waals surface area contributed by atoms with Gasteiger partial charge in [-0.15, -0.1) is 0 Å². The number of nitrogens with one attached hydrogen (secondary N) is 1. The molecule has 78 valence electrons. The van der Waals surface area contributed by atoms with Crippen LogP contribution in [0.1, 0.15) is 23.4 Å². The summed E-state index contributed by atoms with van der Waals surface area (Å²) in [6.45, 7) is 1.25. The average molecular weight is 217 g/mol. The fourth-order valence-corrected chi connectivity index (χ4v) is 1.14. The first-order chi connectivity index (χ1) is 6.74. The standard InChI is InChI=1S/C9H13ClN2O2/c10-8-4-3-7(14-8)9(13)12-6-2-1-5-11/h3-4H,1-2,5-6,11H2,(H,12,13). The molecule has 1 heterocycles. The van der Waals surface area contributed by atoms with Crippen LogP contribution < -0.4 is 11.1 Å². The van der Waals surface area contributed by atoms with E-state index in [1.54, 1.807) is 6.07 Å². The number of furan rings is 1. The predicted octanol–water partition coefficient (Wildman–Crippen LogP) is 1.40. The Balaban J connectivity index is 2.29. The van der Waals surface area contributed by atoms with E-state index in [4.69, 9.17) is 21.8 Å². The topological polar surface area (TPSA) is 68.3 Å². The first-order valence-corrected chi connectivity index (χ1v) is 4.85. The molecule has 5 heteroatoms. The number of hydrogen-bond donors (Lipinski definition) is 2. The van der Waals surface area contributed by atoms with Crippen molar-refractivity contribution in [3.8, 4) is 0 Å². The lowest BCUT2D eigenvalue weighted by Crippen LogP contribution is -2.24. The third-order valence-corrected chi connectivity index (χ3v) is 1.92. The second-order valence-corrected chi connectivity index (χ2v) is 3.23. The third-order valence-electron chi connectivity index (χ3n) is 1.71. The molecule has 1 aromatic rings. The zero-order valence-electron chi connectivity index (χ0n) is 7.75. The van der Waals surface area contributed by atoms with Crippen molar-refractivity contribution >= 4 is 17.5 Å². The maximum Gasteiger partial charge on any atom is 0.287 e. The molecule has 0 radical (unpaired) electrons. The Kier molecular flexibility index (Phi) is 4.49. The van der Waals surface area contributed by atoms with E-state index in [0.717, 1.165) is 12.8 Å². The van der Waals surface area contributed by atoms with E-state index in [1.165, 1.54) is 6.07 Å². The van der Waals surface area contributed by atoms with Crippen molar-refractivity contribution in [2.75, 3.05) is 13.1 Å². The average Bonchev–Trinajstić information content (AvgIpc) is 2.59. The van der Waals surface area contributed by atoms with Gasteiger partial charge in [-0.1, -0.05) is 0 Å². The Labute approximate surface area is 87.4 Å². The van der Waals surface area contributed by atoms with Crippen LogP contribution in [-0.2, 0) is 0 Å². The van der Waals surface area contributed by atoms with Crippen molar-refractivity contribution in [2.45, 2.75) is 12.8 Å². The molecule has 1 amide bonds. The third kappa shape index (κ3) is 3.40. The summed E-state index contributed by atoms with van der Waals surface area (Å²) in [5, 5.41) is 2.92. The van der Waals surface area contributed by atoms with Crippen LogP contribution in [0.15, 0.2) is 16.5 Å². The van der Waals surface area contributed by atoms with Gasteiger partial charge in [0.05, 0.1) is 0 Å². The van der Waals surface area contributed by atoms with Crippen LogP contribution in [0.2, 0.25) is 5.22 Å². The molecule has 0 aromatic carbocycles. The zero-order chi connectivity index (χ0) is 10.4. The summed E-state index contributed by atoms with van der Waals surface area (Å²) in [6, 6.07) is 3.08. The van der Waals surface area contributed by atoms with Crippen LogP contribution in [-0.4, -0.2) is 19.0 Å². The van der Waals surface area contributed by atoms with Gasteiger partial charge < -0.3 is 15.5 Å². The molecule has 1 rings (SSSR count). The van der Waals surface area contributed by atoms with E-state index in [9.17, 15) is 4.79 Å². The van der Waals surface area contributed by atoms with Crippen LogP contribution >= 0.6 is 11.6 Å². The monoisotopic (exact) mass is 216 g/mol. The maximum absolute atomic E-state index is 11.3. The van der Waals surface area contributed by atoms with Crippen molar-refractivity contribution in [2.24, 2.45) is 5.73 Å². The zero-order valence-corrected chi connectivity index (χ0v) is 8.51. The molecule has 0 saturated carbocycles. The number of hydrogen-bond acceptors (Lipinski definition) is 3. The van der Waals surface area contributed by atoms with Crippen LogP contribution in [0, 0.1) is 0 Å². The van der Waals surface area contributed by atoms with E-state index in [0.29, 0.717) is 13.1 Å². The molecule has 0 aliphatic heterocycles. The number of nitrogens with two attached hydrogens (primary N) is 1. The molecule has 0 unspecified atom stereocenters. The summed E-state index contributed by atoms with van der Waals surface area (Å²) in [4.78, 5) is 11.3. The molecule has 0 fully saturated rings. The van der Waals surface area contributed by atoms with Gasteiger partial charge in [0.25, 0.3) is 5.91 Å². The summed E-state index contributed by atoms with van der Waals surface area (Å²) in [5.41, 5.74) is 5.31. The van der Waals surface area contributed by atoms with Gasteiger partial charge in [-0.25, -0.2) is 0 Å². The van der Waals surface area contributed by atoms with Crippen molar-refractivity contribution in [1.82, 2.24) is 5.32 Å². The Hall–Kier alpha value is -1.00. The molecule has 0 spiro atoms. The van der Waals surface area contributed by atoms with Crippen LogP contribution in [0.3, 0.4) is 0 Å². The number of carbonyl (C=O) groups is 1. The van der Waals surface area contributed by atoms with E-state index >= 15 is 0 Å². The minimum absolute atomic E-state index is 0.220. The first-order valence-electron chi connectivity index (χ1n) is 4.47. The van der Waals surface area contributed by atoms with Gasteiger partial charge in [0.2, 0.25) is 0 Å². The Morgan fingerprint density at radius 1 is 1.50 bits per heavy atom. The minimum atomic E-state index is -0.242.